The predicted octanol–water partition coefficient (Wildman–Crippen LogP) is 3.77. The van der Waals surface area contributed by atoms with Crippen molar-refractivity contribution in [3.63, 3.8) is 0 Å². The summed E-state index contributed by atoms with van der Waals surface area (Å²) >= 11 is 0. The first-order valence-corrected chi connectivity index (χ1v) is 5.71. The predicted molar refractivity (Wildman–Crippen MR) is 59.6 cm³/mol. The zero-order valence-corrected chi connectivity index (χ0v) is 9.53. The fourth-order valence-electron chi connectivity index (χ4n) is 2.43. The summed E-state index contributed by atoms with van der Waals surface area (Å²) in [7, 11) is 0. The van der Waals surface area contributed by atoms with E-state index in [-0.39, 0.29) is 0 Å². The van der Waals surface area contributed by atoms with Gasteiger partial charge < -0.3 is 0 Å². The van der Waals surface area contributed by atoms with Crippen molar-refractivity contribution in [2.24, 2.45) is 23.7 Å². The van der Waals surface area contributed by atoms with Gasteiger partial charge in [0.1, 0.15) is 0 Å². The summed E-state index contributed by atoms with van der Waals surface area (Å²) in [5.41, 5.74) is 0. The topological polar surface area (TPSA) is 23.8 Å². The summed E-state index contributed by atoms with van der Waals surface area (Å²) in [5.74, 6) is 3.05. The monoisotopic (exact) mass is 191 g/mol. The Morgan fingerprint density at radius 1 is 1.36 bits per heavy atom. The minimum Gasteiger partial charge on any atom is -0.193 e. The minimum atomic E-state index is 0.635. The molecule has 1 rings (SSSR count). The maximum atomic E-state index is 8.52. The molecule has 0 radical (unpaired) electrons. The molecule has 78 valence electrons. The molecule has 3 atom stereocenters. The molecule has 1 saturated carbocycles. The zero-order chi connectivity index (χ0) is 10.6. The van der Waals surface area contributed by atoms with Crippen LogP contribution in [-0.2, 0) is 0 Å². The molecule has 1 nitrogen and oxygen atoms in total. The highest BCUT2D eigenvalue weighted by Crippen LogP contribution is 2.37. The molecule has 0 aliphatic heterocycles. The van der Waals surface area contributed by atoms with E-state index < -0.39 is 0 Å². The Morgan fingerprint density at radius 2 is 2.07 bits per heavy atom. The average molecular weight is 191 g/mol. The number of allylic oxidation sites excluding steroid dienone is 2. The van der Waals surface area contributed by atoms with Gasteiger partial charge in [-0.1, -0.05) is 26.8 Å². The summed E-state index contributed by atoms with van der Waals surface area (Å²) in [5, 5.41) is 8.52. The van der Waals surface area contributed by atoms with E-state index in [0.717, 1.165) is 17.8 Å². The normalized spacial score (nSPS) is 33.5. The van der Waals surface area contributed by atoms with Crippen molar-refractivity contribution in [3.8, 4) is 6.07 Å². The van der Waals surface area contributed by atoms with Crippen LogP contribution in [0.25, 0.3) is 0 Å². The molecule has 0 heterocycles. The molecule has 0 N–H and O–H groups in total. The Kier molecular flexibility index (Phi) is 4.20. The van der Waals surface area contributed by atoms with Crippen molar-refractivity contribution in [1.29, 1.82) is 5.26 Å². The van der Waals surface area contributed by atoms with Crippen molar-refractivity contribution < 1.29 is 0 Å². The lowest BCUT2D eigenvalue weighted by atomic mass is 9.71. The zero-order valence-electron chi connectivity index (χ0n) is 9.53. The van der Waals surface area contributed by atoms with E-state index >= 15 is 0 Å². The fourth-order valence-corrected chi connectivity index (χ4v) is 2.43. The van der Waals surface area contributed by atoms with E-state index in [9.17, 15) is 0 Å². The van der Waals surface area contributed by atoms with Crippen LogP contribution in [0.4, 0.5) is 0 Å². The molecule has 0 aromatic rings. The summed E-state index contributed by atoms with van der Waals surface area (Å²) < 4.78 is 0. The smallest absolute Gasteiger partial charge is 0.0908 e. The molecule has 0 amide bonds. The third kappa shape index (κ3) is 2.87. The van der Waals surface area contributed by atoms with Crippen LogP contribution in [0.3, 0.4) is 0 Å². The van der Waals surface area contributed by atoms with Crippen LogP contribution < -0.4 is 0 Å². The van der Waals surface area contributed by atoms with E-state index in [4.69, 9.17) is 5.26 Å². The van der Waals surface area contributed by atoms with Crippen LogP contribution in [0.5, 0.6) is 0 Å². The summed E-state index contributed by atoms with van der Waals surface area (Å²) in [6.07, 6.45) is 7.74. The van der Waals surface area contributed by atoms with E-state index in [2.05, 4.69) is 32.9 Å². The highest BCUT2D eigenvalue weighted by molar-refractivity contribution is 5.05. The molecule has 0 unspecified atom stereocenters. The van der Waals surface area contributed by atoms with E-state index in [1.54, 1.807) is 6.08 Å². The van der Waals surface area contributed by atoms with Crippen LogP contribution >= 0.6 is 0 Å². The largest absolute Gasteiger partial charge is 0.193 e. The highest BCUT2D eigenvalue weighted by Gasteiger charge is 2.27. The molecule has 1 fully saturated rings. The van der Waals surface area contributed by atoms with Crippen molar-refractivity contribution in [1.82, 2.24) is 0 Å². The molecule has 1 aliphatic rings. The Labute approximate surface area is 87.8 Å². The van der Waals surface area contributed by atoms with Gasteiger partial charge >= 0.3 is 0 Å². The van der Waals surface area contributed by atoms with E-state index in [1.165, 1.54) is 19.3 Å². The van der Waals surface area contributed by atoms with Crippen LogP contribution in [0.1, 0.15) is 40.0 Å². The van der Waals surface area contributed by atoms with Gasteiger partial charge in [0.25, 0.3) is 0 Å². The van der Waals surface area contributed by atoms with Crippen molar-refractivity contribution in [2.75, 3.05) is 0 Å². The second-order valence-corrected chi connectivity index (χ2v) is 4.95. The molecule has 0 spiro atoms. The summed E-state index contributed by atoms with van der Waals surface area (Å²) in [6, 6.07) is 2.10. The number of rotatable bonds is 2. The number of hydrogen-bond donors (Lipinski definition) is 0. The van der Waals surface area contributed by atoms with Crippen LogP contribution in [0, 0.1) is 35.0 Å². The third-order valence-corrected chi connectivity index (χ3v) is 3.66. The first kappa shape index (κ1) is 11.3. The van der Waals surface area contributed by atoms with Crippen LogP contribution in [0.2, 0.25) is 0 Å². The minimum absolute atomic E-state index is 0.635. The number of nitrogens with zero attached hydrogens (tertiary/aromatic N) is 1. The van der Waals surface area contributed by atoms with Gasteiger partial charge in [-0.25, -0.2) is 0 Å². The van der Waals surface area contributed by atoms with Crippen molar-refractivity contribution >= 4 is 0 Å². The first-order valence-electron chi connectivity index (χ1n) is 5.71. The molecule has 0 saturated heterocycles. The SMILES string of the molecule is CC(C)[C@H]1CC[C@H](C)[C@H](C=CC#N)C1. The van der Waals surface area contributed by atoms with Crippen LogP contribution in [0.15, 0.2) is 12.2 Å². The van der Waals surface area contributed by atoms with Gasteiger partial charge in [0, 0.05) is 6.08 Å². The van der Waals surface area contributed by atoms with Gasteiger partial charge in [-0.15, -0.1) is 0 Å². The third-order valence-electron chi connectivity index (χ3n) is 3.66. The molecule has 14 heavy (non-hydrogen) atoms. The fraction of sp³-hybridized carbons (Fsp3) is 0.769. The molecule has 0 aromatic heterocycles. The van der Waals surface area contributed by atoms with Crippen LogP contribution in [-0.4, -0.2) is 0 Å². The Bertz CT molecular complexity index is 234. The van der Waals surface area contributed by atoms with Gasteiger partial charge in [0.15, 0.2) is 0 Å². The Hall–Kier alpha value is -0.770. The van der Waals surface area contributed by atoms with Crippen molar-refractivity contribution in [2.45, 2.75) is 40.0 Å². The first-order chi connectivity index (χ1) is 6.65. The molecular formula is C13H21N. The molecule has 1 heteroatoms. The standard InChI is InChI=1S/C13H21N/c1-10(2)12-7-6-11(3)13(9-12)5-4-8-14/h4-5,10-13H,6-7,9H2,1-3H3/t11-,12-,13+/m0/s1. The number of hydrogen-bond acceptors (Lipinski definition) is 1. The molecule has 0 bridgehead atoms. The number of nitriles is 1. The van der Waals surface area contributed by atoms with Gasteiger partial charge in [0.2, 0.25) is 0 Å². The molecule has 1 aliphatic carbocycles. The van der Waals surface area contributed by atoms with Crippen molar-refractivity contribution in [3.05, 3.63) is 12.2 Å². The summed E-state index contributed by atoms with van der Waals surface area (Å²) in [6.45, 7) is 6.93. The maximum Gasteiger partial charge on any atom is 0.0908 e. The lowest BCUT2D eigenvalue weighted by Crippen LogP contribution is -2.24. The second kappa shape index (κ2) is 5.20. The Morgan fingerprint density at radius 3 is 2.64 bits per heavy atom. The quantitative estimate of drug-likeness (QED) is 0.609. The van der Waals surface area contributed by atoms with E-state index in [0.29, 0.717) is 5.92 Å². The molecular weight excluding hydrogens is 170 g/mol. The van der Waals surface area contributed by atoms with Gasteiger partial charge in [-0.3, -0.25) is 0 Å². The average Bonchev–Trinajstić information content (AvgIpc) is 2.16. The molecule has 0 aromatic carbocycles. The van der Waals surface area contributed by atoms with Gasteiger partial charge in [-0.05, 0) is 42.9 Å². The van der Waals surface area contributed by atoms with Gasteiger partial charge in [0.05, 0.1) is 6.07 Å². The highest BCUT2D eigenvalue weighted by atomic mass is 14.3. The summed E-state index contributed by atoms with van der Waals surface area (Å²) in [4.78, 5) is 0. The second-order valence-electron chi connectivity index (χ2n) is 4.95. The lowest BCUT2D eigenvalue weighted by Gasteiger charge is -2.34. The van der Waals surface area contributed by atoms with E-state index in [1.807, 2.05) is 0 Å². The maximum absolute atomic E-state index is 8.52. The lowest BCUT2D eigenvalue weighted by molar-refractivity contribution is 0.189. The Balaban J connectivity index is 2.56. The van der Waals surface area contributed by atoms with Gasteiger partial charge in [-0.2, -0.15) is 5.26 Å².